The van der Waals surface area contributed by atoms with Crippen molar-refractivity contribution in [2.24, 2.45) is 4.99 Å². The van der Waals surface area contributed by atoms with Gasteiger partial charge in [0, 0.05) is 42.9 Å². The van der Waals surface area contributed by atoms with Gasteiger partial charge in [-0.05, 0) is 46.5 Å². The first-order valence-corrected chi connectivity index (χ1v) is 11.8. The second-order valence-electron chi connectivity index (χ2n) is 9.96. The number of hydrogen-bond donors (Lipinski definition) is 3. The lowest BCUT2D eigenvalue weighted by molar-refractivity contribution is 0.0490. The molecule has 0 bridgehead atoms. The van der Waals surface area contributed by atoms with Crippen molar-refractivity contribution in [3.8, 4) is 0 Å². The third-order valence-corrected chi connectivity index (χ3v) is 5.87. The number of carbonyl (C=O) groups excluding carboxylic acids is 1. The molecule has 1 aromatic heterocycles. The van der Waals surface area contributed by atoms with Crippen molar-refractivity contribution in [3.63, 3.8) is 0 Å². The minimum absolute atomic E-state index is 0.0942. The molecule has 0 unspecified atom stereocenters. The molecule has 1 aromatic rings. The van der Waals surface area contributed by atoms with Crippen LogP contribution >= 0.6 is 11.3 Å². The van der Waals surface area contributed by atoms with Gasteiger partial charge in [-0.15, -0.1) is 11.3 Å². The Labute approximate surface area is 185 Å². The van der Waals surface area contributed by atoms with Crippen LogP contribution in [0.3, 0.4) is 0 Å². The van der Waals surface area contributed by atoms with Gasteiger partial charge in [-0.1, -0.05) is 20.8 Å². The van der Waals surface area contributed by atoms with E-state index in [9.17, 15) is 4.79 Å². The summed E-state index contributed by atoms with van der Waals surface area (Å²) in [6.07, 6.45) is 4.40. The normalized spacial score (nSPS) is 20.6. The summed E-state index contributed by atoms with van der Waals surface area (Å²) in [5, 5.41) is 13.2. The largest absolute Gasteiger partial charge is 0.444 e. The predicted molar refractivity (Wildman–Crippen MR) is 124 cm³/mol. The van der Waals surface area contributed by atoms with Gasteiger partial charge in [-0.3, -0.25) is 4.99 Å². The average molecular weight is 438 g/mol. The van der Waals surface area contributed by atoms with Crippen molar-refractivity contribution in [1.82, 2.24) is 20.9 Å². The predicted octanol–water partition coefficient (Wildman–Crippen LogP) is 3.98. The number of thiazole rings is 1. The molecule has 0 radical (unpaired) electrons. The number of amides is 1. The molecule has 1 heterocycles. The number of nitrogens with zero attached hydrogens (tertiary/aromatic N) is 2. The monoisotopic (exact) mass is 437 g/mol. The van der Waals surface area contributed by atoms with Crippen LogP contribution < -0.4 is 16.0 Å². The van der Waals surface area contributed by atoms with Crippen molar-refractivity contribution in [2.75, 3.05) is 13.6 Å². The highest BCUT2D eigenvalue weighted by molar-refractivity contribution is 7.09. The molecule has 3 N–H and O–H groups in total. The molecule has 0 aromatic carbocycles. The van der Waals surface area contributed by atoms with Crippen LogP contribution in [-0.2, 0) is 16.6 Å². The highest BCUT2D eigenvalue weighted by atomic mass is 32.1. The van der Waals surface area contributed by atoms with Gasteiger partial charge in [-0.2, -0.15) is 0 Å². The van der Waals surface area contributed by atoms with Crippen LogP contribution in [-0.4, -0.2) is 48.3 Å². The van der Waals surface area contributed by atoms with Crippen molar-refractivity contribution in [2.45, 2.75) is 96.7 Å². The summed E-state index contributed by atoms with van der Waals surface area (Å²) in [4.78, 5) is 21.0. The Kier molecular flexibility index (Phi) is 8.52. The highest BCUT2D eigenvalue weighted by Gasteiger charge is 2.25. The third-order valence-electron chi connectivity index (χ3n) is 4.96. The number of guanidine groups is 1. The van der Waals surface area contributed by atoms with E-state index in [0.717, 1.165) is 55.3 Å². The fraction of sp³-hybridized carbons (Fsp3) is 0.773. The first kappa shape index (κ1) is 24.4. The number of alkyl carbamates (subject to hydrolysis) is 1. The average Bonchev–Trinajstić information content (AvgIpc) is 3.10. The van der Waals surface area contributed by atoms with Gasteiger partial charge in [0.25, 0.3) is 0 Å². The number of nitrogens with one attached hydrogen (secondary N) is 3. The van der Waals surface area contributed by atoms with Gasteiger partial charge >= 0.3 is 6.09 Å². The minimum Gasteiger partial charge on any atom is -0.444 e. The number of hydrogen-bond acceptors (Lipinski definition) is 5. The topological polar surface area (TPSA) is 87.6 Å². The molecule has 170 valence electrons. The van der Waals surface area contributed by atoms with Gasteiger partial charge in [-0.25, -0.2) is 9.78 Å². The lowest BCUT2D eigenvalue weighted by Crippen LogP contribution is -2.48. The first-order chi connectivity index (χ1) is 14.0. The standard InChI is InChI=1S/C22H39N5O2S/c1-21(2,3)17-14-30-18(27-17)12-13-24-19(23-7)25-15-8-10-16(11-9-15)26-20(28)29-22(4,5)6/h14-16H,8-13H2,1-7H3,(H,26,28)(H2,23,24,25). The zero-order chi connectivity index (χ0) is 22.4. The Balaban J connectivity index is 1.69. The van der Waals surface area contributed by atoms with E-state index in [1.165, 1.54) is 0 Å². The molecule has 0 aliphatic heterocycles. The van der Waals surface area contributed by atoms with Crippen LogP contribution in [0.4, 0.5) is 4.79 Å². The van der Waals surface area contributed by atoms with Crippen LogP contribution in [0.15, 0.2) is 10.4 Å². The highest BCUT2D eigenvalue weighted by Crippen LogP contribution is 2.24. The van der Waals surface area contributed by atoms with Gasteiger partial charge in [0.15, 0.2) is 5.96 Å². The van der Waals surface area contributed by atoms with E-state index in [-0.39, 0.29) is 17.6 Å². The van der Waals surface area contributed by atoms with Crippen LogP contribution in [0.5, 0.6) is 0 Å². The zero-order valence-electron chi connectivity index (χ0n) is 19.6. The summed E-state index contributed by atoms with van der Waals surface area (Å²) in [7, 11) is 1.80. The smallest absolute Gasteiger partial charge is 0.407 e. The van der Waals surface area contributed by atoms with E-state index in [2.05, 4.69) is 47.1 Å². The molecule has 1 saturated carbocycles. The summed E-state index contributed by atoms with van der Waals surface area (Å²) < 4.78 is 5.35. The fourth-order valence-corrected chi connectivity index (χ4v) is 4.33. The van der Waals surface area contributed by atoms with Crippen molar-refractivity contribution < 1.29 is 9.53 Å². The summed E-state index contributed by atoms with van der Waals surface area (Å²) in [6.45, 7) is 13.0. The van der Waals surface area contributed by atoms with Crippen LogP contribution in [0.25, 0.3) is 0 Å². The van der Waals surface area contributed by atoms with E-state index in [1.807, 2.05) is 20.8 Å². The molecule has 1 aliphatic carbocycles. The van der Waals surface area contributed by atoms with Crippen molar-refractivity contribution >= 4 is 23.4 Å². The van der Waals surface area contributed by atoms with Gasteiger partial charge < -0.3 is 20.7 Å². The van der Waals surface area contributed by atoms with E-state index in [4.69, 9.17) is 9.72 Å². The molecule has 1 amide bonds. The Morgan fingerprint density at radius 1 is 1.13 bits per heavy atom. The number of rotatable bonds is 5. The maximum Gasteiger partial charge on any atom is 0.407 e. The summed E-state index contributed by atoms with van der Waals surface area (Å²) in [5.74, 6) is 0.825. The summed E-state index contributed by atoms with van der Waals surface area (Å²) >= 11 is 1.72. The minimum atomic E-state index is -0.464. The summed E-state index contributed by atoms with van der Waals surface area (Å²) in [6, 6.07) is 0.537. The van der Waals surface area contributed by atoms with E-state index >= 15 is 0 Å². The molecule has 0 saturated heterocycles. The maximum atomic E-state index is 11.9. The molecule has 0 atom stereocenters. The van der Waals surface area contributed by atoms with E-state index in [1.54, 1.807) is 18.4 Å². The molecule has 0 spiro atoms. The molecular formula is C22H39N5O2S. The Bertz CT molecular complexity index is 710. The molecule has 2 rings (SSSR count). The molecule has 7 nitrogen and oxygen atoms in total. The quantitative estimate of drug-likeness (QED) is 0.479. The van der Waals surface area contributed by atoms with Gasteiger partial charge in [0.1, 0.15) is 5.60 Å². The van der Waals surface area contributed by atoms with Crippen LogP contribution in [0.2, 0.25) is 0 Å². The second-order valence-corrected chi connectivity index (χ2v) is 10.9. The molecule has 8 heteroatoms. The molecule has 1 fully saturated rings. The molecular weight excluding hydrogens is 398 g/mol. The van der Waals surface area contributed by atoms with Crippen molar-refractivity contribution in [3.05, 3.63) is 16.1 Å². The van der Waals surface area contributed by atoms with Crippen molar-refractivity contribution in [1.29, 1.82) is 0 Å². The second kappa shape index (κ2) is 10.5. The lowest BCUT2D eigenvalue weighted by atomic mass is 9.91. The number of carbonyl (C=O) groups is 1. The number of aromatic nitrogens is 1. The van der Waals surface area contributed by atoms with Gasteiger partial charge in [0.05, 0.1) is 10.7 Å². The Hall–Kier alpha value is -1.83. The maximum absolute atomic E-state index is 11.9. The Morgan fingerprint density at radius 3 is 2.23 bits per heavy atom. The SMILES string of the molecule is CN=C(NCCc1nc(C(C)(C)C)cs1)NC1CCC(NC(=O)OC(C)(C)C)CC1. The van der Waals surface area contributed by atoms with Crippen LogP contribution in [0.1, 0.15) is 77.9 Å². The van der Waals surface area contributed by atoms with Crippen LogP contribution in [0, 0.1) is 0 Å². The third kappa shape index (κ3) is 8.50. The molecule has 30 heavy (non-hydrogen) atoms. The lowest BCUT2D eigenvalue weighted by Gasteiger charge is -2.31. The number of aliphatic imine (C=N–C) groups is 1. The Morgan fingerprint density at radius 2 is 1.73 bits per heavy atom. The van der Waals surface area contributed by atoms with Gasteiger partial charge in [0.2, 0.25) is 0 Å². The fourth-order valence-electron chi connectivity index (χ4n) is 3.30. The van der Waals surface area contributed by atoms with E-state index < -0.39 is 5.60 Å². The molecule has 1 aliphatic rings. The van der Waals surface area contributed by atoms with E-state index in [0.29, 0.717) is 6.04 Å². The zero-order valence-corrected chi connectivity index (χ0v) is 20.4. The number of ether oxygens (including phenoxy) is 1. The first-order valence-electron chi connectivity index (χ1n) is 10.9. The summed E-state index contributed by atoms with van der Waals surface area (Å²) in [5.41, 5.74) is 0.784.